The number of carbonyl (C=O) groups excluding carboxylic acids is 3. The van der Waals surface area contributed by atoms with Crippen LogP contribution in [0.2, 0.25) is 0 Å². The fraction of sp³-hybridized carbons (Fsp3) is 0.200. The molecule has 0 unspecified atom stereocenters. The van der Waals surface area contributed by atoms with Crippen LogP contribution in [0.1, 0.15) is 26.3 Å². The van der Waals surface area contributed by atoms with Gasteiger partial charge in [-0.05, 0) is 48.0 Å². The Morgan fingerprint density at radius 1 is 0.848 bits per heavy atom. The molecule has 1 aliphatic heterocycles. The zero-order valence-electron chi connectivity index (χ0n) is 18.0. The Bertz CT molecular complexity index is 1130. The van der Waals surface area contributed by atoms with Crippen LogP contribution in [-0.4, -0.2) is 52.2 Å². The first-order valence-corrected chi connectivity index (χ1v) is 11.8. The highest BCUT2D eigenvalue weighted by atomic mass is 32.2. The minimum absolute atomic E-state index is 0.136. The Labute approximate surface area is 196 Å². The zero-order valence-corrected chi connectivity index (χ0v) is 18.8. The summed E-state index contributed by atoms with van der Waals surface area (Å²) in [6, 6.07) is 17.4. The monoisotopic (exact) mass is 460 g/mol. The van der Waals surface area contributed by atoms with E-state index in [4.69, 9.17) is 0 Å². The van der Waals surface area contributed by atoms with Gasteiger partial charge in [-0.25, -0.2) is 0 Å². The van der Waals surface area contributed by atoms with Crippen molar-refractivity contribution in [3.05, 3.63) is 89.7 Å². The van der Waals surface area contributed by atoms with Gasteiger partial charge >= 0.3 is 0 Å². The van der Waals surface area contributed by atoms with E-state index in [0.717, 1.165) is 30.2 Å². The molecule has 2 N–H and O–H groups in total. The number of hydrogen-bond donors (Lipinski definition) is 2. The topological polar surface area (TPSA) is 91.4 Å². The number of thioether (sulfide) groups is 1. The smallest absolute Gasteiger partial charge is 0.257 e. The van der Waals surface area contributed by atoms with Gasteiger partial charge in [-0.2, -0.15) is 11.8 Å². The summed E-state index contributed by atoms with van der Waals surface area (Å²) in [7, 11) is 0. The lowest BCUT2D eigenvalue weighted by atomic mass is 10.1. The van der Waals surface area contributed by atoms with Crippen molar-refractivity contribution in [2.24, 2.45) is 0 Å². The van der Waals surface area contributed by atoms with Crippen LogP contribution in [0.25, 0.3) is 0 Å². The predicted molar refractivity (Wildman–Crippen MR) is 131 cm³/mol. The predicted octanol–water partition coefficient (Wildman–Crippen LogP) is 3.70. The quantitative estimate of drug-likeness (QED) is 0.585. The molecule has 0 bridgehead atoms. The first kappa shape index (κ1) is 22.5. The number of hydrogen-bond acceptors (Lipinski definition) is 5. The van der Waals surface area contributed by atoms with E-state index in [0.29, 0.717) is 28.9 Å². The summed E-state index contributed by atoms with van der Waals surface area (Å²) < 4.78 is 0. The number of aromatic nitrogens is 1. The van der Waals surface area contributed by atoms with Crippen molar-refractivity contribution in [3.8, 4) is 0 Å². The average molecular weight is 461 g/mol. The SMILES string of the molecule is O=C(Nc1cccc(C(=O)Nc2ccc(CC(=O)N3CCSCC3)cc2)c1)c1cccnc1. The molecule has 1 aliphatic rings. The summed E-state index contributed by atoms with van der Waals surface area (Å²) >= 11 is 1.87. The van der Waals surface area contributed by atoms with Crippen LogP contribution in [0.5, 0.6) is 0 Å². The molecule has 0 aliphatic carbocycles. The van der Waals surface area contributed by atoms with Crippen LogP contribution in [-0.2, 0) is 11.2 Å². The lowest BCUT2D eigenvalue weighted by Gasteiger charge is -2.26. The number of anilines is 2. The molecule has 1 fully saturated rings. The van der Waals surface area contributed by atoms with Crippen molar-refractivity contribution < 1.29 is 14.4 Å². The van der Waals surface area contributed by atoms with Crippen molar-refractivity contribution in [3.63, 3.8) is 0 Å². The van der Waals surface area contributed by atoms with E-state index in [2.05, 4.69) is 15.6 Å². The van der Waals surface area contributed by atoms with Crippen molar-refractivity contribution in [2.75, 3.05) is 35.2 Å². The van der Waals surface area contributed by atoms with Crippen LogP contribution in [0, 0.1) is 0 Å². The maximum Gasteiger partial charge on any atom is 0.257 e. The van der Waals surface area contributed by atoms with Gasteiger partial charge < -0.3 is 15.5 Å². The van der Waals surface area contributed by atoms with E-state index in [9.17, 15) is 14.4 Å². The van der Waals surface area contributed by atoms with Gasteiger partial charge in [-0.3, -0.25) is 19.4 Å². The number of amides is 3. The van der Waals surface area contributed by atoms with Gasteiger partial charge in [0.2, 0.25) is 5.91 Å². The first-order valence-electron chi connectivity index (χ1n) is 10.7. The number of nitrogens with zero attached hydrogens (tertiary/aromatic N) is 2. The summed E-state index contributed by atoms with van der Waals surface area (Å²) in [5.41, 5.74) is 2.92. The van der Waals surface area contributed by atoms with Crippen molar-refractivity contribution in [1.82, 2.24) is 9.88 Å². The normalized spacial score (nSPS) is 13.3. The molecule has 0 saturated carbocycles. The molecule has 168 valence electrons. The van der Waals surface area contributed by atoms with Crippen molar-refractivity contribution in [1.29, 1.82) is 0 Å². The summed E-state index contributed by atoms with van der Waals surface area (Å²) in [5.74, 6) is 1.53. The fourth-order valence-corrected chi connectivity index (χ4v) is 4.35. The van der Waals surface area contributed by atoms with Crippen LogP contribution < -0.4 is 10.6 Å². The van der Waals surface area contributed by atoms with E-state index >= 15 is 0 Å². The Hall–Kier alpha value is -3.65. The van der Waals surface area contributed by atoms with E-state index in [1.54, 1.807) is 54.7 Å². The highest BCUT2D eigenvalue weighted by molar-refractivity contribution is 7.99. The van der Waals surface area contributed by atoms with Crippen LogP contribution in [0.15, 0.2) is 73.1 Å². The van der Waals surface area contributed by atoms with Gasteiger partial charge in [0.25, 0.3) is 11.8 Å². The second-order valence-corrected chi connectivity index (χ2v) is 8.82. The lowest BCUT2D eigenvalue weighted by Crippen LogP contribution is -2.38. The minimum atomic E-state index is -0.297. The first-order chi connectivity index (χ1) is 16.1. The molecule has 0 spiro atoms. The van der Waals surface area contributed by atoms with Crippen LogP contribution >= 0.6 is 11.8 Å². The van der Waals surface area contributed by atoms with Gasteiger partial charge in [0.15, 0.2) is 0 Å². The molecule has 3 aromatic rings. The summed E-state index contributed by atoms with van der Waals surface area (Å²) in [6.07, 6.45) is 3.44. The third kappa shape index (κ3) is 6.20. The standard InChI is InChI=1S/C25H24N4O3S/c30-23(29-11-13-33-14-12-29)15-18-6-8-21(9-7-18)27-24(31)19-3-1-5-22(16-19)28-25(32)20-4-2-10-26-17-20/h1-10,16-17H,11-15H2,(H,27,31)(H,28,32). The molecule has 1 aromatic heterocycles. The van der Waals surface area contributed by atoms with E-state index in [1.807, 2.05) is 28.8 Å². The van der Waals surface area contributed by atoms with E-state index in [-0.39, 0.29) is 17.7 Å². The molecule has 3 amide bonds. The molecule has 8 heteroatoms. The molecule has 33 heavy (non-hydrogen) atoms. The van der Waals surface area contributed by atoms with Gasteiger partial charge in [-0.15, -0.1) is 0 Å². The van der Waals surface area contributed by atoms with Gasteiger partial charge in [0.05, 0.1) is 12.0 Å². The molecular weight excluding hydrogens is 436 g/mol. The maximum atomic E-state index is 12.7. The second kappa shape index (κ2) is 10.8. The average Bonchev–Trinajstić information content (AvgIpc) is 2.86. The molecule has 7 nitrogen and oxygen atoms in total. The molecule has 0 radical (unpaired) electrons. The fourth-order valence-electron chi connectivity index (χ4n) is 3.45. The molecular formula is C25H24N4O3S. The largest absolute Gasteiger partial charge is 0.341 e. The number of benzene rings is 2. The highest BCUT2D eigenvalue weighted by Crippen LogP contribution is 2.17. The van der Waals surface area contributed by atoms with Crippen molar-refractivity contribution >= 4 is 40.9 Å². The number of nitrogens with one attached hydrogen (secondary N) is 2. The summed E-state index contributed by atoms with van der Waals surface area (Å²) in [6.45, 7) is 1.61. The lowest BCUT2D eigenvalue weighted by molar-refractivity contribution is -0.130. The summed E-state index contributed by atoms with van der Waals surface area (Å²) in [4.78, 5) is 43.3. The minimum Gasteiger partial charge on any atom is -0.341 e. The highest BCUT2D eigenvalue weighted by Gasteiger charge is 2.17. The number of rotatable bonds is 6. The number of carbonyl (C=O) groups is 3. The van der Waals surface area contributed by atoms with Crippen molar-refractivity contribution in [2.45, 2.75) is 6.42 Å². The van der Waals surface area contributed by atoms with Gasteiger partial charge in [-0.1, -0.05) is 18.2 Å². The second-order valence-electron chi connectivity index (χ2n) is 7.60. The zero-order chi connectivity index (χ0) is 23.0. The Morgan fingerprint density at radius 2 is 1.55 bits per heavy atom. The third-order valence-corrected chi connectivity index (χ3v) is 6.18. The Morgan fingerprint density at radius 3 is 2.27 bits per heavy atom. The molecule has 1 saturated heterocycles. The Balaban J connectivity index is 1.34. The molecule has 0 atom stereocenters. The maximum absolute atomic E-state index is 12.7. The van der Waals surface area contributed by atoms with E-state index in [1.165, 1.54) is 6.20 Å². The van der Waals surface area contributed by atoms with Crippen LogP contribution in [0.3, 0.4) is 0 Å². The van der Waals surface area contributed by atoms with E-state index < -0.39 is 0 Å². The van der Waals surface area contributed by atoms with Gasteiger partial charge in [0.1, 0.15) is 0 Å². The van der Waals surface area contributed by atoms with Crippen LogP contribution in [0.4, 0.5) is 11.4 Å². The van der Waals surface area contributed by atoms with Gasteiger partial charge in [0, 0.05) is 53.9 Å². The molecule has 2 heterocycles. The summed E-state index contributed by atoms with van der Waals surface area (Å²) in [5, 5.41) is 5.63. The third-order valence-electron chi connectivity index (χ3n) is 5.24. The number of pyridine rings is 1. The molecule has 2 aromatic carbocycles. The Kier molecular flexibility index (Phi) is 7.36. The molecule has 4 rings (SSSR count).